The van der Waals surface area contributed by atoms with Gasteiger partial charge in [0.15, 0.2) is 0 Å². The molecular weight excluding hydrogens is 326 g/mol. The first-order valence-corrected chi connectivity index (χ1v) is 8.78. The molecular formula is C18H14ClN3S. The quantitative estimate of drug-likeness (QED) is 0.682. The number of nitrogen functional groups attached to an aromatic ring is 1. The molecule has 0 atom stereocenters. The molecule has 114 valence electrons. The summed E-state index contributed by atoms with van der Waals surface area (Å²) < 4.78 is 0. The highest BCUT2D eigenvalue weighted by Gasteiger charge is 2.23. The minimum atomic E-state index is 0.563. The van der Waals surface area contributed by atoms with Crippen molar-refractivity contribution in [1.29, 1.82) is 5.26 Å². The topological polar surface area (TPSA) is 62.7 Å². The van der Waals surface area contributed by atoms with Crippen LogP contribution < -0.4 is 5.73 Å². The second kappa shape index (κ2) is 5.52. The minimum absolute atomic E-state index is 0.563. The summed E-state index contributed by atoms with van der Waals surface area (Å²) in [6.45, 7) is 0. The molecule has 5 heteroatoms. The Morgan fingerprint density at radius 1 is 1.13 bits per heavy atom. The third-order valence-electron chi connectivity index (χ3n) is 4.41. The average molecular weight is 340 g/mol. The Kier molecular flexibility index (Phi) is 3.48. The van der Waals surface area contributed by atoms with Crippen molar-refractivity contribution >= 4 is 38.8 Å². The molecule has 0 spiro atoms. The van der Waals surface area contributed by atoms with E-state index in [2.05, 4.69) is 6.07 Å². The number of hydrogen-bond acceptors (Lipinski definition) is 4. The summed E-state index contributed by atoms with van der Waals surface area (Å²) in [6.07, 6.45) is 4.33. The zero-order valence-corrected chi connectivity index (χ0v) is 14.0. The Morgan fingerprint density at radius 3 is 2.52 bits per heavy atom. The van der Waals surface area contributed by atoms with E-state index in [0.29, 0.717) is 10.6 Å². The molecule has 0 unspecified atom stereocenters. The largest absolute Gasteiger partial charge is 0.396 e. The van der Waals surface area contributed by atoms with Crippen LogP contribution in [0.4, 0.5) is 5.69 Å². The maximum atomic E-state index is 9.28. The number of benzene rings is 1. The number of anilines is 1. The van der Waals surface area contributed by atoms with Crippen LogP contribution in [0.3, 0.4) is 0 Å². The van der Waals surface area contributed by atoms with Crippen LogP contribution in [0.15, 0.2) is 24.3 Å². The van der Waals surface area contributed by atoms with Crippen molar-refractivity contribution in [3.05, 3.63) is 45.3 Å². The molecule has 2 heterocycles. The molecule has 0 saturated heterocycles. The smallest absolute Gasteiger partial charge is 0.130 e. The summed E-state index contributed by atoms with van der Waals surface area (Å²) in [5.41, 5.74) is 11.4. The molecule has 3 nitrogen and oxygen atoms in total. The summed E-state index contributed by atoms with van der Waals surface area (Å²) in [5.74, 6) is 0. The van der Waals surface area contributed by atoms with Crippen LogP contribution >= 0.6 is 22.9 Å². The zero-order chi connectivity index (χ0) is 16.0. The Bertz CT molecular complexity index is 951. The van der Waals surface area contributed by atoms with E-state index in [1.54, 1.807) is 0 Å². The van der Waals surface area contributed by atoms with Gasteiger partial charge in [0.2, 0.25) is 0 Å². The van der Waals surface area contributed by atoms with Gasteiger partial charge in [0.1, 0.15) is 15.8 Å². The van der Waals surface area contributed by atoms with E-state index in [1.165, 1.54) is 22.5 Å². The molecule has 3 aromatic rings. The molecule has 0 fully saturated rings. The molecule has 0 amide bonds. The monoisotopic (exact) mass is 339 g/mol. The lowest BCUT2D eigenvalue weighted by atomic mass is 9.87. The highest BCUT2D eigenvalue weighted by molar-refractivity contribution is 7.19. The lowest BCUT2D eigenvalue weighted by Gasteiger charge is -2.20. The molecule has 1 aromatic carbocycles. The first-order chi connectivity index (χ1) is 11.2. The fourth-order valence-corrected chi connectivity index (χ4v) is 4.39. The molecule has 23 heavy (non-hydrogen) atoms. The Balaban J connectivity index is 2.05. The molecule has 0 bridgehead atoms. The number of nitriles is 1. The third-order valence-corrected chi connectivity index (χ3v) is 5.67. The lowest BCUT2D eigenvalue weighted by molar-refractivity contribution is 0.689. The van der Waals surface area contributed by atoms with E-state index in [9.17, 15) is 5.26 Å². The van der Waals surface area contributed by atoms with Crippen molar-refractivity contribution in [3.8, 4) is 17.3 Å². The molecule has 4 rings (SSSR count). The number of nitrogens with two attached hydrogens (primary N) is 1. The van der Waals surface area contributed by atoms with E-state index in [4.69, 9.17) is 22.3 Å². The Hall–Kier alpha value is -2.09. The fraction of sp³-hybridized carbons (Fsp3) is 0.222. The summed E-state index contributed by atoms with van der Waals surface area (Å²) in [6, 6.07) is 9.99. The van der Waals surface area contributed by atoms with E-state index in [-0.39, 0.29) is 0 Å². The van der Waals surface area contributed by atoms with E-state index < -0.39 is 0 Å². The lowest BCUT2D eigenvalue weighted by Crippen LogP contribution is -2.07. The number of pyridine rings is 1. The van der Waals surface area contributed by atoms with E-state index >= 15 is 0 Å². The van der Waals surface area contributed by atoms with Crippen LogP contribution in [0, 0.1) is 11.3 Å². The van der Waals surface area contributed by atoms with E-state index in [1.807, 2.05) is 24.3 Å². The Labute approximate surface area is 143 Å². The van der Waals surface area contributed by atoms with Crippen LogP contribution in [-0.2, 0) is 12.8 Å². The van der Waals surface area contributed by atoms with Gasteiger partial charge in [0.25, 0.3) is 0 Å². The first kappa shape index (κ1) is 14.5. The third kappa shape index (κ3) is 2.28. The average Bonchev–Trinajstić information content (AvgIpc) is 2.91. The van der Waals surface area contributed by atoms with Crippen molar-refractivity contribution in [2.24, 2.45) is 0 Å². The van der Waals surface area contributed by atoms with Gasteiger partial charge in [0.05, 0.1) is 11.4 Å². The molecule has 2 N–H and O–H groups in total. The maximum absolute atomic E-state index is 9.28. The zero-order valence-electron chi connectivity index (χ0n) is 12.4. The van der Waals surface area contributed by atoms with Gasteiger partial charge < -0.3 is 5.73 Å². The second-order valence-electron chi connectivity index (χ2n) is 5.77. The summed E-state index contributed by atoms with van der Waals surface area (Å²) in [7, 11) is 0. The van der Waals surface area contributed by atoms with Crippen molar-refractivity contribution in [3.63, 3.8) is 0 Å². The number of aryl methyl sites for hydroxylation is 1. The number of nitrogens with zero attached hydrogens (tertiary/aromatic N) is 2. The molecule has 1 aliphatic carbocycles. The number of halogens is 1. The predicted octanol–water partition coefficient (Wildman–Crippen LogP) is 4.95. The first-order valence-electron chi connectivity index (χ1n) is 7.59. The van der Waals surface area contributed by atoms with Gasteiger partial charge in [-0.25, -0.2) is 4.98 Å². The van der Waals surface area contributed by atoms with Crippen molar-refractivity contribution in [2.75, 3.05) is 5.73 Å². The highest BCUT2D eigenvalue weighted by Crippen LogP contribution is 2.41. The summed E-state index contributed by atoms with van der Waals surface area (Å²) in [4.78, 5) is 6.29. The van der Waals surface area contributed by atoms with Crippen molar-refractivity contribution in [2.45, 2.75) is 25.7 Å². The van der Waals surface area contributed by atoms with Crippen LogP contribution in [0.2, 0.25) is 5.02 Å². The van der Waals surface area contributed by atoms with Gasteiger partial charge in [-0.2, -0.15) is 5.26 Å². The number of thiophene rings is 1. The van der Waals surface area contributed by atoms with Gasteiger partial charge in [-0.3, -0.25) is 0 Å². The van der Waals surface area contributed by atoms with Crippen LogP contribution in [-0.4, -0.2) is 4.98 Å². The molecule has 0 radical (unpaired) electrons. The predicted molar refractivity (Wildman–Crippen MR) is 95.8 cm³/mol. The minimum Gasteiger partial charge on any atom is -0.396 e. The molecule has 0 saturated carbocycles. The fourth-order valence-electron chi connectivity index (χ4n) is 3.34. The summed E-state index contributed by atoms with van der Waals surface area (Å²) in [5, 5.41) is 11.0. The van der Waals surface area contributed by atoms with Crippen molar-refractivity contribution in [1.82, 2.24) is 4.98 Å². The molecule has 0 aliphatic heterocycles. The molecule has 2 aromatic heterocycles. The van der Waals surface area contributed by atoms with Crippen LogP contribution in [0.1, 0.15) is 28.8 Å². The SMILES string of the molecule is N#Cc1sc2nc(-c3ccc(Cl)cc3)c3c(c2c1N)CCCC3. The number of rotatable bonds is 1. The second-order valence-corrected chi connectivity index (χ2v) is 7.20. The van der Waals surface area contributed by atoms with Crippen molar-refractivity contribution < 1.29 is 0 Å². The van der Waals surface area contributed by atoms with Gasteiger partial charge in [0, 0.05) is 16.0 Å². The van der Waals surface area contributed by atoms with Crippen LogP contribution in [0.25, 0.3) is 21.5 Å². The Morgan fingerprint density at radius 2 is 1.83 bits per heavy atom. The van der Waals surface area contributed by atoms with E-state index in [0.717, 1.165) is 52.2 Å². The standard InChI is InChI=1S/C18H14ClN3S/c19-11-7-5-10(6-8-11)17-13-4-2-1-3-12(13)15-16(21)14(9-20)23-18(15)22-17/h5-8H,1-4,21H2. The molecule has 1 aliphatic rings. The van der Waals surface area contributed by atoms with Gasteiger partial charge in [-0.05, 0) is 48.9 Å². The normalized spacial score (nSPS) is 13.7. The van der Waals surface area contributed by atoms with Crippen LogP contribution in [0.5, 0.6) is 0 Å². The maximum Gasteiger partial charge on any atom is 0.130 e. The highest BCUT2D eigenvalue weighted by atomic mass is 35.5. The van der Waals surface area contributed by atoms with Gasteiger partial charge in [-0.15, -0.1) is 11.3 Å². The number of hydrogen-bond donors (Lipinski definition) is 1. The summed E-state index contributed by atoms with van der Waals surface area (Å²) >= 11 is 7.39. The number of aromatic nitrogens is 1. The number of fused-ring (bicyclic) bond motifs is 3. The van der Waals surface area contributed by atoms with Gasteiger partial charge in [-0.1, -0.05) is 23.7 Å². The van der Waals surface area contributed by atoms with Gasteiger partial charge >= 0.3 is 0 Å².